The summed E-state index contributed by atoms with van der Waals surface area (Å²) in [6, 6.07) is 0. The van der Waals surface area contributed by atoms with Crippen molar-refractivity contribution in [2.75, 3.05) is 20.5 Å². The minimum absolute atomic E-state index is 0.125. The third-order valence-corrected chi connectivity index (χ3v) is 1.25. The number of rotatable bonds is 2. The second-order valence-electron chi connectivity index (χ2n) is 2.08. The molecular weight excluding hydrogens is 164 g/mol. The van der Waals surface area contributed by atoms with Crippen molar-refractivity contribution in [3.05, 3.63) is 11.8 Å². The molecule has 0 saturated carbocycles. The van der Waals surface area contributed by atoms with E-state index in [1.54, 1.807) is 0 Å². The van der Waals surface area contributed by atoms with Gasteiger partial charge < -0.3 is 14.2 Å². The van der Waals surface area contributed by atoms with Crippen molar-refractivity contribution < 1.29 is 23.8 Å². The van der Waals surface area contributed by atoms with Crippen LogP contribution in [0.5, 0.6) is 0 Å². The number of carbonyl (C=O) groups is 2. The van der Waals surface area contributed by atoms with Gasteiger partial charge in [-0.1, -0.05) is 0 Å². The Kier molecular flexibility index (Phi) is 2.82. The number of ketones is 1. The molecule has 0 N–H and O–H groups in total. The molecule has 0 amide bonds. The second-order valence-corrected chi connectivity index (χ2v) is 2.08. The van der Waals surface area contributed by atoms with Crippen LogP contribution in [-0.4, -0.2) is 32.3 Å². The highest BCUT2D eigenvalue weighted by atomic mass is 16.7. The highest BCUT2D eigenvalue weighted by Crippen LogP contribution is 2.06. The monoisotopic (exact) mass is 172 g/mol. The molecule has 0 spiro atoms. The van der Waals surface area contributed by atoms with Crippen LogP contribution >= 0.6 is 0 Å². The van der Waals surface area contributed by atoms with E-state index in [0.717, 1.165) is 13.2 Å². The predicted molar refractivity (Wildman–Crippen MR) is 37.0 cm³/mol. The Bertz CT molecular complexity index is 222. The molecule has 1 rings (SSSR count). The van der Waals surface area contributed by atoms with Gasteiger partial charge in [-0.3, -0.25) is 4.79 Å². The van der Waals surface area contributed by atoms with Gasteiger partial charge in [0.25, 0.3) is 5.78 Å². The third kappa shape index (κ3) is 2.06. The van der Waals surface area contributed by atoms with E-state index in [1.165, 1.54) is 0 Å². The summed E-state index contributed by atoms with van der Waals surface area (Å²) >= 11 is 0. The third-order valence-electron chi connectivity index (χ3n) is 1.25. The zero-order valence-corrected chi connectivity index (χ0v) is 6.53. The molecule has 0 unspecified atom stereocenters. The first-order valence-electron chi connectivity index (χ1n) is 3.27. The second kappa shape index (κ2) is 3.87. The Hall–Kier alpha value is -1.36. The van der Waals surface area contributed by atoms with Gasteiger partial charge in [0.1, 0.15) is 12.4 Å². The Morgan fingerprint density at radius 3 is 2.83 bits per heavy atom. The smallest absolute Gasteiger partial charge is 0.378 e. The van der Waals surface area contributed by atoms with Crippen LogP contribution in [0.3, 0.4) is 0 Å². The maximum Gasteiger partial charge on any atom is 0.378 e. The fraction of sp³-hybridized carbons (Fsp3) is 0.429. The van der Waals surface area contributed by atoms with E-state index >= 15 is 0 Å². The molecule has 12 heavy (non-hydrogen) atoms. The molecular formula is C7H8O5. The molecule has 5 nitrogen and oxygen atoms in total. The molecule has 66 valence electrons. The fourth-order valence-electron chi connectivity index (χ4n) is 0.690. The summed E-state index contributed by atoms with van der Waals surface area (Å²) in [7, 11) is 1.14. The Balaban J connectivity index is 2.54. The van der Waals surface area contributed by atoms with E-state index in [-0.39, 0.29) is 13.4 Å². The van der Waals surface area contributed by atoms with Gasteiger partial charge in [-0.05, 0) is 0 Å². The molecule has 0 aromatic rings. The van der Waals surface area contributed by atoms with Crippen LogP contribution in [0.15, 0.2) is 11.8 Å². The lowest BCUT2D eigenvalue weighted by molar-refractivity contribution is -0.149. The van der Waals surface area contributed by atoms with Crippen LogP contribution < -0.4 is 0 Å². The predicted octanol–water partition coefficient (Wildman–Crippen LogP) is -0.383. The van der Waals surface area contributed by atoms with E-state index in [4.69, 9.17) is 9.47 Å². The molecule has 1 aliphatic heterocycles. The summed E-state index contributed by atoms with van der Waals surface area (Å²) < 4.78 is 13.8. The van der Waals surface area contributed by atoms with Crippen LogP contribution in [0.4, 0.5) is 0 Å². The van der Waals surface area contributed by atoms with Crippen LogP contribution in [0.25, 0.3) is 0 Å². The minimum atomic E-state index is -0.905. The maximum absolute atomic E-state index is 10.8. The lowest BCUT2D eigenvalue weighted by atomic mass is 10.3. The molecule has 0 radical (unpaired) electrons. The molecule has 0 bridgehead atoms. The molecule has 0 aliphatic carbocycles. The zero-order chi connectivity index (χ0) is 8.97. The van der Waals surface area contributed by atoms with E-state index in [1.807, 2.05) is 0 Å². The van der Waals surface area contributed by atoms with Crippen molar-refractivity contribution in [3.8, 4) is 0 Å². The number of hydrogen-bond donors (Lipinski definition) is 0. The fourth-order valence-corrected chi connectivity index (χ4v) is 0.690. The average molecular weight is 172 g/mol. The van der Waals surface area contributed by atoms with Crippen molar-refractivity contribution in [1.29, 1.82) is 0 Å². The number of hydrogen-bond acceptors (Lipinski definition) is 5. The Morgan fingerprint density at radius 1 is 1.58 bits per heavy atom. The first-order chi connectivity index (χ1) is 5.74. The van der Waals surface area contributed by atoms with E-state index < -0.39 is 11.8 Å². The van der Waals surface area contributed by atoms with E-state index in [9.17, 15) is 9.59 Å². The van der Waals surface area contributed by atoms with Crippen molar-refractivity contribution >= 4 is 11.8 Å². The van der Waals surface area contributed by atoms with Crippen molar-refractivity contribution in [1.82, 2.24) is 0 Å². The highest BCUT2D eigenvalue weighted by molar-refractivity contribution is 6.38. The van der Waals surface area contributed by atoms with Crippen LogP contribution in [0.2, 0.25) is 0 Å². The van der Waals surface area contributed by atoms with Crippen molar-refractivity contribution in [3.63, 3.8) is 0 Å². The number of methoxy groups -OCH3 is 1. The van der Waals surface area contributed by atoms with Gasteiger partial charge in [0.05, 0.1) is 7.11 Å². The van der Waals surface area contributed by atoms with Gasteiger partial charge in [0, 0.05) is 6.08 Å². The van der Waals surface area contributed by atoms with Crippen LogP contribution in [-0.2, 0) is 23.8 Å². The molecule has 1 heterocycles. The number of esters is 1. The summed E-state index contributed by atoms with van der Waals surface area (Å²) in [5, 5.41) is 0. The summed E-state index contributed by atoms with van der Waals surface area (Å²) in [5.41, 5.74) is 0. The van der Waals surface area contributed by atoms with Crippen molar-refractivity contribution in [2.24, 2.45) is 0 Å². The Labute approximate surface area is 68.9 Å². The van der Waals surface area contributed by atoms with Crippen LogP contribution in [0.1, 0.15) is 0 Å². The Morgan fingerprint density at radius 2 is 2.33 bits per heavy atom. The van der Waals surface area contributed by atoms with Gasteiger partial charge in [0.15, 0.2) is 6.79 Å². The topological polar surface area (TPSA) is 61.8 Å². The molecule has 1 saturated heterocycles. The summed E-state index contributed by atoms with van der Waals surface area (Å²) in [6.45, 7) is 0.350. The molecule has 0 aromatic heterocycles. The molecule has 1 aliphatic rings. The molecule has 0 atom stereocenters. The van der Waals surface area contributed by atoms with Gasteiger partial charge in [-0.2, -0.15) is 0 Å². The largest absolute Gasteiger partial charge is 0.469 e. The minimum Gasteiger partial charge on any atom is -0.469 e. The maximum atomic E-state index is 10.8. The summed E-state index contributed by atoms with van der Waals surface area (Å²) in [5.74, 6) is -1.29. The first kappa shape index (κ1) is 8.73. The summed E-state index contributed by atoms with van der Waals surface area (Å²) in [4.78, 5) is 21.4. The van der Waals surface area contributed by atoms with Gasteiger partial charge >= 0.3 is 5.97 Å². The summed E-state index contributed by atoms with van der Waals surface area (Å²) in [6.07, 6.45) is 1.07. The van der Waals surface area contributed by atoms with Gasteiger partial charge in [-0.15, -0.1) is 0 Å². The highest BCUT2D eigenvalue weighted by Gasteiger charge is 2.15. The molecule has 5 heteroatoms. The van der Waals surface area contributed by atoms with Gasteiger partial charge in [-0.25, -0.2) is 4.79 Å². The van der Waals surface area contributed by atoms with E-state index in [2.05, 4.69) is 4.74 Å². The normalized spacial score (nSPS) is 18.9. The number of carbonyl (C=O) groups excluding carboxylic acids is 2. The van der Waals surface area contributed by atoms with E-state index in [0.29, 0.717) is 5.76 Å². The lowest BCUT2D eigenvalue weighted by Crippen LogP contribution is -2.13. The van der Waals surface area contributed by atoms with Gasteiger partial charge in [0.2, 0.25) is 0 Å². The first-order valence-corrected chi connectivity index (χ1v) is 3.27. The standard InChI is InChI=1S/C7H8O5/c1-10-7(9)6(8)2-5-3-11-4-12-5/h2H,3-4H2,1H3. The van der Waals surface area contributed by atoms with Crippen LogP contribution in [0, 0.1) is 0 Å². The average Bonchev–Trinajstić information content (AvgIpc) is 2.55. The molecule has 0 aromatic carbocycles. The number of ether oxygens (including phenoxy) is 3. The SMILES string of the molecule is COC(=O)C(=O)C=C1COCO1. The lowest BCUT2D eigenvalue weighted by Gasteiger charge is -1.94. The quantitative estimate of drug-likeness (QED) is 0.322. The van der Waals surface area contributed by atoms with Crippen molar-refractivity contribution in [2.45, 2.75) is 0 Å². The molecule has 1 fully saturated rings. The zero-order valence-electron chi connectivity index (χ0n) is 6.53.